The zero-order valence-electron chi connectivity index (χ0n) is 18.2. The summed E-state index contributed by atoms with van der Waals surface area (Å²) in [6.07, 6.45) is 2.24. The van der Waals surface area contributed by atoms with E-state index in [1.165, 1.54) is 4.70 Å². The van der Waals surface area contributed by atoms with Gasteiger partial charge in [-0.1, -0.05) is 12.1 Å². The highest BCUT2D eigenvalue weighted by molar-refractivity contribution is 7.18. The number of benzene rings is 2. The van der Waals surface area contributed by atoms with Crippen LogP contribution in [0.5, 0.6) is 11.5 Å². The second-order valence-corrected chi connectivity index (χ2v) is 9.94. The Balaban J connectivity index is 1.16. The third kappa shape index (κ3) is 3.82. The Morgan fingerprint density at radius 3 is 2.79 bits per heavy atom. The first-order valence-corrected chi connectivity index (χ1v) is 12.3. The molecule has 0 N–H and O–H groups in total. The molecule has 33 heavy (non-hydrogen) atoms. The number of carbonyl (C=O) groups is 2. The van der Waals surface area contributed by atoms with Crippen molar-refractivity contribution in [1.29, 1.82) is 0 Å². The first kappa shape index (κ1) is 20.5. The van der Waals surface area contributed by atoms with Crippen LogP contribution in [0.2, 0.25) is 0 Å². The third-order valence-electron chi connectivity index (χ3n) is 6.70. The molecule has 0 radical (unpaired) electrons. The van der Waals surface area contributed by atoms with Gasteiger partial charge in [0.1, 0.15) is 13.2 Å². The van der Waals surface area contributed by atoms with E-state index < -0.39 is 0 Å². The molecule has 2 saturated heterocycles. The van der Waals surface area contributed by atoms with Gasteiger partial charge in [-0.2, -0.15) is 0 Å². The number of hydrogen-bond donors (Lipinski definition) is 0. The van der Waals surface area contributed by atoms with Gasteiger partial charge in [0.05, 0.1) is 21.1 Å². The number of aromatic nitrogens is 1. The fourth-order valence-electron chi connectivity index (χ4n) is 5.02. The van der Waals surface area contributed by atoms with Crippen molar-refractivity contribution in [2.45, 2.75) is 25.2 Å². The largest absolute Gasteiger partial charge is 0.486 e. The number of rotatable bonds is 3. The van der Waals surface area contributed by atoms with E-state index in [0.29, 0.717) is 37.8 Å². The van der Waals surface area contributed by atoms with Crippen LogP contribution in [0, 0.1) is 5.92 Å². The molecule has 2 atom stereocenters. The molecule has 3 aliphatic rings. The second-order valence-electron chi connectivity index (χ2n) is 8.88. The fraction of sp³-hybridized carbons (Fsp3) is 0.400. The van der Waals surface area contributed by atoms with Gasteiger partial charge in [-0.05, 0) is 37.1 Å². The minimum absolute atomic E-state index is 0.0234. The van der Waals surface area contributed by atoms with Gasteiger partial charge in [-0.25, -0.2) is 4.98 Å². The molecule has 0 spiro atoms. The van der Waals surface area contributed by atoms with Crippen molar-refractivity contribution in [3.63, 3.8) is 0 Å². The number of carbonyl (C=O) groups excluding carboxylic acids is 2. The molecular formula is C25H25N3O4S. The van der Waals surface area contributed by atoms with Gasteiger partial charge in [-0.15, -0.1) is 11.3 Å². The Kier molecular flexibility index (Phi) is 5.17. The minimum Gasteiger partial charge on any atom is -0.486 e. The van der Waals surface area contributed by atoms with E-state index in [1.807, 2.05) is 41.3 Å². The average molecular weight is 464 g/mol. The fourth-order valence-corrected chi connectivity index (χ4v) is 6.12. The molecule has 4 heterocycles. The van der Waals surface area contributed by atoms with E-state index >= 15 is 0 Å². The monoisotopic (exact) mass is 463 g/mol. The maximum absolute atomic E-state index is 13.4. The summed E-state index contributed by atoms with van der Waals surface area (Å²) in [5.74, 6) is 1.33. The molecule has 2 aromatic carbocycles. The van der Waals surface area contributed by atoms with Crippen molar-refractivity contribution < 1.29 is 19.1 Å². The van der Waals surface area contributed by atoms with Crippen LogP contribution in [-0.2, 0) is 9.59 Å². The predicted molar refractivity (Wildman–Crippen MR) is 126 cm³/mol. The summed E-state index contributed by atoms with van der Waals surface area (Å²) in [4.78, 5) is 34.7. The van der Waals surface area contributed by atoms with E-state index in [4.69, 9.17) is 14.5 Å². The molecule has 1 aromatic heterocycles. The molecule has 2 unspecified atom stereocenters. The quantitative estimate of drug-likeness (QED) is 0.590. The maximum atomic E-state index is 13.4. The lowest BCUT2D eigenvalue weighted by Gasteiger charge is -2.33. The molecular weight excluding hydrogens is 438 g/mol. The lowest BCUT2D eigenvalue weighted by molar-refractivity contribution is -0.137. The molecule has 0 aliphatic carbocycles. The lowest BCUT2D eigenvalue weighted by Crippen LogP contribution is -2.43. The number of piperidine rings is 1. The Morgan fingerprint density at radius 1 is 1.06 bits per heavy atom. The van der Waals surface area contributed by atoms with Gasteiger partial charge in [0.15, 0.2) is 11.5 Å². The van der Waals surface area contributed by atoms with Crippen molar-refractivity contribution >= 4 is 39.1 Å². The van der Waals surface area contributed by atoms with Crippen molar-refractivity contribution in [2.24, 2.45) is 5.92 Å². The number of para-hydroxylation sites is 1. The topological polar surface area (TPSA) is 72.0 Å². The van der Waals surface area contributed by atoms with E-state index in [1.54, 1.807) is 16.2 Å². The zero-order chi connectivity index (χ0) is 22.4. The molecule has 2 fully saturated rings. The third-order valence-corrected chi connectivity index (χ3v) is 7.90. The maximum Gasteiger partial charge on any atom is 0.228 e. The van der Waals surface area contributed by atoms with Crippen LogP contribution in [0.1, 0.15) is 30.2 Å². The Labute approximate surface area is 195 Å². The first-order valence-electron chi connectivity index (χ1n) is 11.5. The van der Waals surface area contributed by atoms with E-state index in [2.05, 4.69) is 6.07 Å². The summed E-state index contributed by atoms with van der Waals surface area (Å²) in [6.45, 7) is 2.84. The lowest BCUT2D eigenvalue weighted by atomic mass is 9.96. The molecule has 3 aromatic rings. The number of thiazole rings is 1. The molecule has 0 bridgehead atoms. The summed E-state index contributed by atoms with van der Waals surface area (Å²) in [6, 6.07) is 13.7. The van der Waals surface area contributed by atoms with Gasteiger partial charge < -0.3 is 19.3 Å². The SMILES string of the molecule is O=C(C1CC(=O)N(c2ccc3c(c2)OCCO3)C1)N1CCCC(c2nc3ccccc3s2)C1. The van der Waals surface area contributed by atoms with Gasteiger partial charge >= 0.3 is 0 Å². The number of nitrogens with zero attached hydrogens (tertiary/aromatic N) is 3. The second kappa shape index (κ2) is 8.33. The number of fused-ring (bicyclic) bond motifs is 2. The normalized spacial score (nSPS) is 22.7. The molecule has 8 heteroatoms. The highest BCUT2D eigenvalue weighted by Crippen LogP contribution is 2.37. The van der Waals surface area contributed by atoms with Crippen LogP contribution in [0.15, 0.2) is 42.5 Å². The molecule has 2 amide bonds. The average Bonchev–Trinajstić information content (AvgIpc) is 3.47. The van der Waals surface area contributed by atoms with Gasteiger partial charge in [-0.3, -0.25) is 9.59 Å². The number of anilines is 1. The van der Waals surface area contributed by atoms with Crippen LogP contribution in [-0.4, -0.2) is 54.5 Å². The van der Waals surface area contributed by atoms with Crippen molar-refractivity contribution in [3.05, 3.63) is 47.5 Å². The number of likely N-dealkylation sites (tertiary alicyclic amines) is 1. The molecule has 7 nitrogen and oxygen atoms in total. The first-order chi connectivity index (χ1) is 16.2. The van der Waals surface area contributed by atoms with Gasteiger partial charge in [0.2, 0.25) is 11.8 Å². The molecule has 6 rings (SSSR count). The number of hydrogen-bond acceptors (Lipinski definition) is 6. The van der Waals surface area contributed by atoms with Gasteiger partial charge in [0.25, 0.3) is 0 Å². The summed E-state index contributed by atoms with van der Waals surface area (Å²) >= 11 is 1.73. The van der Waals surface area contributed by atoms with Crippen molar-refractivity contribution in [3.8, 4) is 11.5 Å². The summed E-state index contributed by atoms with van der Waals surface area (Å²) in [5.41, 5.74) is 1.78. The molecule has 0 saturated carbocycles. The molecule has 3 aliphatic heterocycles. The Bertz CT molecular complexity index is 1190. The standard InChI is InChI=1S/C25H25N3O4S/c29-23-12-17(15-28(23)18-7-8-20-21(13-18)32-11-10-31-20)25(30)27-9-3-4-16(14-27)24-26-19-5-1-2-6-22(19)33-24/h1-2,5-8,13,16-17H,3-4,9-12,14-15H2. The van der Waals surface area contributed by atoms with Crippen molar-refractivity contribution in [2.75, 3.05) is 37.7 Å². The van der Waals surface area contributed by atoms with Gasteiger partial charge in [0, 0.05) is 43.7 Å². The summed E-state index contributed by atoms with van der Waals surface area (Å²) in [5, 5.41) is 1.11. The Hall–Kier alpha value is -3.13. The van der Waals surface area contributed by atoms with Crippen LogP contribution in [0.4, 0.5) is 5.69 Å². The van der Waals surface area contributed by atoms with Crippen LogP contribution in [0.3, 0.4) is 0 Å². The minimum atomic E-state index is -0.320. The number of amides is 2. The predicted octanol–water partition coefficient (Wildman–Crippen LogP) is 3.83. The van der Waals surface area contributed by atoms with E-state index in [-0.39, 0.29) is 30.1 Å². The number of ether oxygens (including phenoxy) is 2. The highest BCUT2D eigenvalue weighted by atomic mass is 32.1. The summed E-state index contributed by atoms with van der Waals surface area (Å²) in [7, 11) is 0. The van der Waals surface area contributed by atoms with Crippen LogP contribution >= 0.6 is 11.3 Å². The van der Waals surface area contributed by atoms with E-state index in [0.717, 1.165) is 35.6 Å². The zero-order valence-corrected chi connectivity index (χ0v) is 19.1. The summed E-state index contributed by atoms with van der Waals surface area (Å²) < 4.78 is 12.4. The van der Waals surface area contributed by atoms with E-state index in [9.17, 15) is 9.59 Å². The Morgan fingerprint density at radius 2 is 1.91 bits per heavy atom. The van der Waals surface area contributed by atoms with Crippen molar-refractivity contribution in [1.82, 2.24) is 9.88 Å². The molecule has 170 valence electrons. The highest BCUT2D eigenvalue weighted by Gasteiger charge is 2.39. The van der Waals surface area contributed by atoms with Crippen LogP contribution < -0.4 is 14.4 Å². The smallest absolute Gasteiger partial charge is 0.228 e. The van der Waals surface area contributed by atoms with Crippen LogP contribution in [0.25, 0.3) is 10.2 Å².